The quantitative estimate of drug-likeness (QED) is 0.772. The fraction of sp³-hybridized carbons (Fsp3) is 0.818. The van der Waals surface area contributed by atoms with Crippen LogP contribution >= 0.6 is 0 Å². The Bertz CT molecular complexity index is 382. The SMILES string of the molecule is CC(C)N1CCOC(c2noc([C@H](N)CO)n2)C1. The van der Waals surface area contributed by atoms with E-state index >= 15 is 0 Å². The lowest BCUT2D eigenvalue weighted by Gasteiger charge is -2.34. The molecule has 1 saturated heterocycles. The molecule has 1 aromatic rings. The molecule has 1 aromatic heterocycles. The van der Waals surface area contributed by atoms with E-state index in [1.54, 1.807) is 0 Å². The molecule has 0 spiro atoms. The third-order valence-corrected chi connectivity index (χ3v) is 3.09. The highest BCUT2D eigenvalue weighted by molar-refractivity contribution is 4.97. The molecule has 0 amide bonds. The molecule has 0 radical (unpaired) electrons. The molecule has 1 aliphatic rings. The van der Waals surface area contributed by atoms with Gasteiger partial charge in [-0.2, -0.15) is 4.98 Å². The molecule has 1 fully saturated rings. The topological polar surface area (TPSA) is 97.6 Å². The molecule has 0 bridgehead atoms. The summed E-state index contributed by atoms with van der Waals surface area (Å²) in [6.07, 6.45) is -0.190. The molecule has 2 heterocycles. The van der Waals surface area contributed by atoms with E-state index in [-0.39, 0.29) is 18.6 Å². The second-order valence-electron chi connectivity index (χ2n) is 4.73. The Morgan fingerprint density at radius 1 is 1.56 bits per heavy atom. The maximum Gasteiger partial charge on any atom is 0.246 e. The number of nitrogens with two attached hydrogens (primary N) is 1. The van der Waals surface area contributed by atoms with Crippen LogP contribution in [0.2, 0.25) is 0 Å². The predicted octanol–water partition coefficient (Wildman–Crippen LogP) is -0.157. The Morgan fingerprint density at radius 2 is 2.33 bits per heavy atom. The van der Waals surface area contributed by atoms with Crippen molar-refractivity contribution in [2.75, 3.05) is 26.3 Å². The van der Waals surface area contributed by atoms with Crippen LogP contribution in [-0.4, -0.2) is 52.5 Å². The van der Waals surface area contributed by atoms with Crippen molar-refractivity contribution in [2.45, 2.75) is 32.0 Å². The van der Waals surface area contributed by atoms with Crippen LogP contribution in [0.5, 0.6) is 0 Å². The molecule has 7 nitrogen and oxygen atoms in total. The number of hydrogen-bond acceptors (Lipinski definition) is 7. The predicted molar refractivity (Wildman–Crippen MR) is 63.7 cm³/mol. The smallest absolute Gasteiger partial charge is 0.246 e. The minimum Gasteiger partial charge on any atom is -0.394 e. The number of ether oxygens (including phenoxy) is 1. The van der Waals surface area contributed by atoms with Crippen molar-refractivity contribution in [3.05, 3.63) is 11.7 Å². The van der Waals surface area contributed by atoms with Crippen molar-refractivity contribution in [3.8, 4) is 0 Å². The highest BCUT2D eigenvalue weighted by atomic mass is 16.5. The molecule has 7 heteroatoms. The summed E-state index contributed by atoms with van der Waals surface area (Å²) in [5.74, 6) is 0.747. The Morgan fingerprint density at radius 3 is 3.00 bits per heavy atom. The zero-order valence-electron chi connectivity index (χ0n) is 10.7. The van der Waals surface area contributed by atoms with Gasteiger partial charge >= 0.3 is 0 Å². The summed E-state index contributed by atoms with van der Waals surface area (Å²) in [6.45, 7) is 6.38. The van der Waals surface area contributed by atoms with E-state index in [0.717, 1.165) is 13.1 Å². The lowest BCUT2D eigenvalue weighted by atomic mass is 10.2. The van der Waals surface area contributed by atoms with E-state index < -0.39 is 6.04 Å². The molecular formula is C11H20N4O3. The van der Waals surface area contributed by atoms with Gasteiger partial charge in [-0.25, -0.2) is 0 Å². The summed E-state index contributed by atoms with van der Waals surface area (Å²) < 4.78 is 10.7. The summed E-state index contributed by atoms with van der Waals surface area (Å²) in [6, 6.07) is -0.168. The van der Waals surface area contributed by atoms with Gasteiger partial charge in [0.1, 0.15) is 12.1 Å². The largest absolute Gasteiger partial charge is 0.394 e. The van der Waals surface area contributed by atoms with E-state index in [2.05, 4.69) is 28.9 Å². The fourth-order valence-corrected chi connectivity index (χ4v) is 1.90. The number of aromatic nitrogens is 2. The van der Waals surface area contributed by atoms with Crippen LogP contribution in [0.4, 0.5) is 0 Å². The zero-order valence-corrected chi connectivity index (χ0v) is 10.7. The number of rotatable bonds is 4. The molecule has 3 N–H and O–H groups in total. The zero-order chi connectivity index (χ0) is 13.1. The average molecular weight is 256 g/mol. The van der Waals surface area contributed by atoms with Crippen molar-refractivity contribution in [3.63, 3.8) is 0 Å². The van der Waals surface area contributed by atoms with Gasteiger partial charge in [-0.1, -0.05) is 5.16 Å². The third-order valence-electron chi connectivity index (χ3n) is 3.09. The Balaban J connectivity index is 2.04. The van der Waals surface area contributed by atoms with E-state index in [0.29, 0.717) is 18.5 Å². The van der Waals surface area contributed by atoms with Crippen molar-refractivity contribution in [1.29, 1.82) is 0 Å². The van der Waals surface area contributed by atoms with Gasteiger partial charge in [-0.15, -0.1) is 0 Å². The van der Waals surface area contributed by atoms with Gasteiger partial charge in [0.15, 0.2) is 0 Å². The van der Waals surface area contributed by atoms with E-state index in [1.165, 1.54) is 0 Å². The summed E-state index contributed by atoms with van der Waals surface area (Å²) in [5.41, 5.74) is 5.62. The third kappa shape index (κ3) is 2.86. The first-order chi connectivity index (χ1) is 8.61. The molecule has 2 atom stereocenters. The van der Waals surface area contributed by atoms with Gasteiger partial charge in [0.2, 0.25) is 11.7 Å². The molecule has 18 heavy (non-hydrogen) atoms. The second-order valence-corrected chi connectivity index (χ2v) is 4.73. The Hall–Kier alpha value is -1.02. The van der Waals surface area contributed by atoms with Crippen LogP contribution in [0.25, 0.3) is 0 Å². The first-order valence-electron chi connectivity index (χ1n) is 6.17. The first kappa shape index (κ1) is 13.4. The van der Waals surface area contributed by atoms with Gasteiger partial charge in [0.25, 0.3) is 0 Å². The van der Waals surface area contributed by atoms with Crippen LogP contribution in [0.15, 0.2) is 4.52 Å². The minimum absolute atomic E-state index is 0.190. The van der Waals surface area contributed by atoms with E-state index in [4.69, 9.17) is 20.1 Å². The van der Waals surface area contributed by atoms with Crippen molar-refractivity contribution in [2.24, 2.45) is 5.73 Å². The standard InChI is InChI=1S/C11H20N4O3/c1-7(2)15-3-4-17-9(5-15)10-13-11(18-14-10)8(12)6-16/h7-9,16H,3-6,12H2,1-2H3/t8-,9?/m1/s1. The number of aliphatic hydroxyl groups excluding tert-OH is 1. The van der Waals surface area contributed by atoms with Crippen molar-refractivity contribution >= 4 is 0 Å². The summed E-state index contributed by atoms with van der Waals surface area (Å²) in [4.78, 5) is 6.49. The highest BCUT2D eigenvalue weighted by Crippen LogP contribution is 2.21. The number of nitrogens with zero attached hydrogens (tertiary/aromatic N) is 3. The van der Waals surface area contributed by atoms with Crippen LogP contribution in [0.3, 0.4) is 0 Å². The number of hydrogen-bond donors (Lipinski definition) is 2. The van der Waals surface area contributed by atoms with E-state index in [9.17, 15) is 0 Å². The summed E-state index contributed by atoms with van der Waals surface area (Å²) in [5, 5.41) is 12.8. The van der Waals surface area contributed by atoms with E-state index in [1.807, 2.05) is 0 Å². The highest BCUT2D eigenvalue weighted by Gasteiger charge is 2.28. The van der Waals surface area contributed by atoms with Crippen LogP contribution < -0.4 is 5.73 Å². The van der Waals surface area contributed by atoms with Gasteiger partial charge in [-0.3, -0.25) is 4.90 Å². The maximum atomic E-state index is 8.93. The first-order valence-corrected chi connectivity index (χ1v) is 6.17. The molecule has 2 rings (SSSR count). The van der Waals surface area contributed by atoms with Crippen LogP contribution in [-0.2, 0) is 4.74 Å². The molecular weight excluding hydrogens is 236 g/mol. The van der Waals surface area contributed by atoms with Crippen molar-refractivity contribution < 1.29 is 14.4 Å². The van der Waals surface area contributed by atoms with Gasteiger partial charge in [0, 0.05) is 19.1 Å². The molecule has 0 aliphatic carbocycles. The molecule has 102 valence electrons. The molecule has 1 aliphatic heterocycles. The Labute approximate surface area is 106 Å². The van der Waals surface area contributed by atoms with Gasteiger partial charge in [0.05, 0.1) is 13.2 Å². The summed E-state index contributed by atoms with van der Waals surface area (Å²) >= 11 is 0. The normalized spacial score (nSPS) is 23.5. The maximum absolute atomic E-state index is 8.93. The molecule has 0 saturated carbocycles. The Kier molecular flexibility index (Phi) is 4.28. The van der Waals surface area contributed by atoms with Crippen molar-refractivity contribution in [1.82, 2.24) is 15.0 Å². The lowest BCUT2D eigenvalue weighted by Crippen LogP contribution is -2.42. The lowest BCUT2D eigenvalue weighted by molar-refractivity contribution is -0.0450. The fourth-order valence-electron chi connectivity index (χ4n) is 1.90. The number of morpholine rings is 1. The monoisotopic (exact) mass is 256 g/mol. The average Bonchev–Trinajstić information content (AvgIpc) is 2.87. The second kappa shape index (κ2) is 5.75. The molecule has 1 unspecified atom stereocenters. The number of aliphatic hydroxyl groups is 1. The minimum atomic E-state index is -0.629. The summed E-state index contributed by atoms with van der Waals surface area (Å²) in [7, 11) is 0. The van der Waals surface area contributed by atoms with Gasteiger partial charge in [-0.05, 0) is 13.8 Å². The molecule has 0 aromatic carbocycles. The van der Waals surface area contributed by atoms with Crippen LogP contribution in [0.1, 0.15) is 37.7 Å². The van der Waals surface area contributed by atoms with Crippen LogP contribution in [0, 0.1) is 0 Å². The van der Waals surface area contributed by atoms with Gasteiger partial charge < -0.3 is 20.1 Å².